The molecule has 0 aromatic rings. The van der Waals surface area contributed by atoms with Crippen molar-refractivity contribution >= 4 is 10.1 Å². The third kappa shape index (κ3) is 7.05. The van der Waals surface area contributed by atoms with E-state index in [9.17, 15) is 22.3 Å². The minimum Gasteiger partial charge on any atom is -0.391 e. The van der Waals surface area contributed by atoms with Crippen LogP contribution in [-0.2, 0) is 19.0 Å². The number of aliphatic hydroxyl groups is 1. The van der Waals surface area contributed by atoms with Crippen LogP contribution in [0.25, 0.3) is 0 Å². The Morgan fingerprint density at radius 3 is 2.47 bits per heavy atom. The molecular formula is C11H21F2O5S+. The topological polar surface area (TPSA) is 72.8 Å². The number of rotatable bonds is 11. The van der Waals surface area contributed by atoms with Gasteiger partial charge in [0.05, 0.1) is 12.7 Å². The zero-order chi connectivity index (χ0) is 14.9. The summed E-state index contributed by atoms with van der Waals surface area (Å²) in [4.78, 5) is 0. The third-order valence-corrected chi connectivity index (χ3v) is 3.65. The molecule has 0 saturated heterocycles. The standard InChI is InChI=1S/C11H21F2O5S/c1-3-4-5-6-7-10(14)8-18-9-11(12,13)19(15,16)17-2/h10,14H,2-9H2,1H3/q+1. The van der Waals surface area contributed by atoms with Gasteiger partial charge >= 0.3 is 15.4 Å². The zero-order valence-corrected chi connectivity index (χ0v) is 11.8. The van der Waals surface area contributed by atoms with Gasteiger partial charge in [-0.25, -0.2) is 0 Å². The van der Waals surface area contributed by atoms with Crippen molar-refractivity contribution in [1.29, 1.82) is 0 Å². The van der Waals surface area contributed by atoms with E-state index in [1.807, 2.05) is 6.92 Å². The smallest absolute Gasteiger partial charge is 0.391 e. The fraction of sp³-hybridized carbons (Fsp3) is 0.909. The van der Waals surface area contributed by atoms with E-state index in [4.69, 9.17) is 0 Å². The molecule has 0 rings (SSSR count). The number of alkyl halides is 2. The maximum Gasteiger partial charge on any atom is 0.396 e. The van der Waals surface area contributed by atoms with Crippen LogP contribution < -0.4 is 0 Å². The van der Waals surface area contributed by atoms with Crippen molar-refractivity contribution in [3.63, 3.8) is 0 Å². The van der Waals surface area contributed by atoms with Crippen LogP contribution >= 0.6 is 0 Å². The second kappa shape index (κ2) is 8.68. The van der Waals surface area contributed by atoms with E-state index in [1.165, 1.54) is 0 Å². The summed E-state index contributed by atoms with van der Waals surface area (Å²) in [7, 11) is -2.62. The van der Waals surface area contributed by atoms with Crippen LogP contribution in [0.15, 0.2) is 0 Å². The fourth-order valence-electron chi connectivity index (χ4n) is 1.36. The number of unbranched alkanes of at least 4 members (excludes halogenated alkanes) is 3. The van der Waals surface area contributed by atoms with E-state index in [0.29, 0.717) is 6.42 Å². The van der Waals surface area contributed by atoms with Crippen molar-refractivity contribution in [2.75, 3.05) is 13.2 Å². The Morgan fingerprint density at radius 2 is 1.95 bits per heavy atom. The van der Waals surface area contributed by atoms with Gasteiger partial charge in [-0.1, -0.05) is 36.8 Å². The number of aliphatic hydroxyl groups excluding tert-OH is 1. The lowest BCUT2D eigenvalue weighted by molar-refractivity contribution is -0.0474. The Kier molecular flexibility index (Phi) is 8.47. The first-order chi connectivity index (χ1) is 8.77. The third-order valence-electron chi connectivity index (χ3n) is 2.49. The summed E-state index contributed by atoms with van der Waals surface area (Å²) >= 11 is 0. The van der Waals surface area contributed by atoms with Crippen LogP contribution in [0.3, 0.4) is 0 Å². The van der Waals surface area contributed by atoms with Gasteiger partial charge in [-0.2, -0.15) is 17.2 Å². The molecule has 0 aromatic carbocycles. The molecule has 0 radical (unpaired) electrons. The molecule has 0 bridgehead atoms. The first kappa shape index (κ1) is 18.6. The number of hydrogen-bond acceptors (Lipinski definition) is 5. The quantitative estimate of drug-likeness (QED) is 0.359. The monoisotopic (exact) mass is 303 g/mol. The highest BCUT2D eigenvalue weighted by Gasteiger charge is 2.48. The normalized spacial score (nSPS) is 14.5. The summed E-state index contributed by atoms with van der Waals surface area (Å²) in [5.41, 5.74) is 0. The lowest BCUT2D eigenvalue weighted by Gasteiger charge is -2.15. The molecule has 5 nitrogen and oxygen atoms in total. The first-order valence-electron chi connectivity index (χ1n) is 6.08. The molecule has 1 N–H and O–H groups in total. The highest BCUT2D eigenvalue weighted by Crippen LogP contribution is 2.23. The lowest BCUT2D eigenvalue weighted by Crippen LogP contribution is -2.35. The van der Waals surface area contributed by atoms with Crippen molar-refractivity contribution in [3.8, 4) is 0 Å². The average Bonchev–Trinajstić information content (AvgIpc) is 2.34. The number of ether oxygens (including phenoxy) is 1. The molecule has 1 unspecified atom stereocenters. The molecule has 1 atom stereocenters. The molecule has 0 aliphatic rings. The molecule has 8 heteroatoms. The van der Waals surface area contributed by atoms with Crippen LogP contribution in [0.1, 0.15) is 39.0 Å². The first-order valence-corrected chi connectivity index (χ1v) is 7.49. The fourth-order valence-corrected chi connectivity index (χ4v) is 1.76. The lowest BCUT2D eigenvalue weighted by atomic mass is 10.1. The molecule has 19 heavy (non-hydrogen) atoms. The van der Waals surface area contributed by atoms with E-state index >= 15 is 0 Å². The molecule has 0 fully saturated rings. The Bertz CT molecular complexity index is 332. The summed E-state index contributed by atoms with van der Waals surface area (Å²) in [6.45, 7) is 0.345. The van der Waals surface area contributed by atoms with E-state index in [1.54, 1.807) is 0 Å². The van der Waals surface area contributed by atoms with E-state index < -0.39 is 28.1 Å². The van der Waals surface area contributed by atoms with Gasteiger partial charge in [0.15, 0.2) is 0 Å². The highest BCUT2D eigenvalue weighted by atomic mass is 32.2. The predicted octanol–water partition coefficient (Wildman–Crippen LogP) is 2.07. The van der Waals surface area contributed by atoms with Gasteiger partial charge in [0.25, 0.3) is 0 Å². The van der Waals surface area contributed by atoms with Crippen molar-refractivity contribution in [3.05, 3.63) is 7.11 Å². The van der Waals surface area contributed by atoms with Gasteiger partial charge < -0.3 is 9.84 Å². The van der Waals surface area contributed by atoms with E-state index in [-0.39, 0.29) is 6.61 Å². The minimum absolute atomic E-state index is 0.339. The number of halogens is 2. The Labute approximate surface area is 113 Å². The predicted molar refractivity (Wildman–Crippen MR) is 65.9 cm³/mol. The van der Waals surface area contributed by atoms with E-state index in [0.717, 1.165) is 25.7 Å². The molecule has 0 aliphatic heterocycles. The number of hydrogen-bond donors (Lipinski definition) is 1. The maximum absolute atomic E-state index is 13.0. The molecule has 0 amide bonds. The van der Waals surface area contributed by atoms with Crippen molar-refractivity contribution in [1.82, 2.24) is 0 Å². The maximum atomic E-state index is 13.0. The second-order valence-electron chi connectivity index (χ2n) is 4.23. The Balaban J connectivity index is 3.90. The molecule has 114 valence electrons. The molecular weight excluding hydrogens is 282 g/mol. The summed E-state index contributed by atoms with van der Waals surface area (Å²) in [6.07, 6.45) is 3.38. The van der Waals surface area contributed by atoms with Gasteiger partial charge in [0.1, 0.15) is 6.61 Å². The van der Waals surface area contributed by atoms with Crippen LogP contribution in [0.4, 0.5) is 8.78 Å². The van der Waals surface area contributed by atoms with Crippen molar-refractivity contribution in [2.45, 2.75) is 50.4 Å². The van der Waals surface area contributed by atoms with Gasteiger partial charge in [0, 0.05) is 0 Å². The van der Waals surface area contributed by atoms with Crippen LogP contribution in [-0.4, -0.2) is 38.1 Å². The van der Waals surface area contributed by atoms with Crippen LogP contribution in [0.5, 0.6) is 0 Å². The Morgan fingerprint density at radius 1 is 1.32 bits per heavy atom. The molecule has 0 heterocycles. The molecule has 0 aromatic heterocycles. The van der Waals surface area contributed by atoms with Gasteiger partial charge in [0.2, 0.25) is 7.11 Å². The summed E-state index contributed by atoms with van der Waals surface area (Å²) < 4.78 is 55.6. The van der Waals surface area contributed by atoms with Gasteiger partial charge in [-0.15, -0.1) is 0 Å². The van der Waals surface area contributed by atoms with Gasteiger partial charge in [-0.05, 0) is 6.42 Å². The average molecular weight is 303 g/mol. The second-order valence-corrected chi connectivity index (χ2v) is 5.97. The SMILES string of the molecule is [CH2+]OS(=O)(=O)C(F)(F)COCC(O)CCCCCC. The summed E-state index contributed by atoms with van der Waals surface area (Å²) in [5, 5.41) is 5.27. The largest absolute Gasteiger partial charge is 0.396 e. The summed E-state index contributed by atoms with van der Waals surface area (Å²) in [6, 6.07) is 0. The highest BCUT2D eigenvalue weighted by molar-refractivity contribution is 7.87. The molecule has 0 aliphatic carbocycles. The van der Waals surface area contributed by atoms with Crippen LogP contribution in [0, 0.1) is 7.11 Å². The minimum atomic E-state index is -5.07. The molecule has 0 spiro atoms. The van der Waals surface area contributed by atoms with Crippen molar-refractivity contribution < 1.29 is 31.2 Å². The van der Waals surface area contributed by atoms with Crippen molar-refractivity contribution in [2.24, 2.45) is 0 Å². The molecule has 0 saturated carbocycles. The van der Waals surface area contributed by atoms with Gasteiger partial charge in [-0.3, -0.25) is 0 Å². The summed E-state index contributed by atoms with van der Waals surface area (Å²) in [5.74, 6) is 0. The zero-order valence-electron chi connectivity index (χ0n) is 11.0. The Hall–Kier alpha value is -0.440. The van der Waals surface area contributed by atoms with Crippen LogP contribution in [0.2, 0.25) is 0 Å². The van der Waals surface area contributed by atoms with E-state index in [2.05, 4.69) is 16.0 Å².